The Morgan fingerprint density at radius 3 is 2.62 bits per heavy atom. The van der Waals surface area contributed by atoms with Crippen LogP contribution in [0.5, 0.6) is 0 Å². The molecule has 1 aliphatic heterocycles. The van der Waals surface area contributed by atoms with Crippen molar-refractivity contribution in [2.24, 2.45) is 0 Å². The highest BCUT2D eigenvalue weighted by molar-refractivity contribution is 5.12. The Morgan fingerprint density at radius 1 is 1.38 bits per heavy atom. The predicted octanol–water partition coefficient (Wildman–Crippen LogP) is 1.36. The number of nitrogens with one attached hydrogen (secondary N) is 2. The van der Waals surface area contributed by atoms with Gasteiger partial charge < -0.3 is 10.3 Å². The number of piperidine rings is 1. The van der Waals surface area contributed by atoms with Crippen LogP contribution in [0, 0.1) is 0 Å². The Morgan fingerprint density at radius 2 is 2.06 bits per heavy atom. The lowest BCUT2D eigenvalue weighted by molar-refractivity contribution is 0.443. The van der Waals surface area contributed by atoms with Gasteiger partial charge in [0, 0.05) is 17.7 Å². The summed E-state index contributed by atoms with van der Waals surface area (Å²) in [7, 11) is 0. The van der Waals surface area contributed by atoms with Crippen LogP contribution in [0.15, 0.2) is 11.0 Å². The molecule has 2 rings (SSSR count). The molecule has 0 bridgehead atoms. The number of nitrogens with zero attached hydrogens (tertiary/aromatic N) is 1. The maximum atomic E-state index is 11.8. The molecule has 1 saturated heterocycles. The van der Waals surface area contributed by atoms with E-state index in [9.17, 15) is 4.79 Å². The standard InChI is InChI=1S/C12H19N3O/c1-8(2)10-7-14-11(15-12(10)16)9-3-5-13-6-4-9/h7-9,13H,3-6H2,1-2H3,(H,14,15,16). The van der Waals surface area contributed by atoms with E-state index in [1.807, 2.05) is 13.8 Å². The highest BCUT2D eigenvalue weighted by Gasteiger charge is 2.18. The van der Waals surface area contributed by atoms with Crippen molar-refractivity contribution in [1.82, 2.24) is 15.3 Å². The van der Waals surface area contributed by atoms with Crippen LogP contribution in [-0.2, 0) is 0 Å². The summed E-state index contributed by atoms with van der Waals surface area (Å²) in [5.74, 6) is 1.50. The fourth-order valence-corrected chi connectivity index (χ4v) is 2.13. The molecular weight excluding hydrogens is 202 g/mol. The second kappa shape index (κ2) is 4.78. The second-order valence-corrected chi connectivity index (χ2v) is 4.73. The molecule has 0 radical (unpaired) electrons. The predicted molar refractivity (Wildman–Crippen MR) is 63.8 cm³/mol. The molecule has 0 spiro atoms. The molecule has 1 aromatic rings. The smallest absolute Gasteiger partial charge is 0.254 e. The Labute approximate surface area is 95.5 Å². The van der Waals surface area contributed by atoms with Crippen molar-refractivity contribution < 1.29 is 0 Å². The SMILES string of the molecule is CC(C)c1cnc(C2CCNCC2)[nH]c1=O. The van der Waals surface area contributed by atoms with Gasteiger partial charge in [0.2, 0.25) is 0 Å². The zero-order valence-electron chi connectivity index (χ0n) is 9.92. The van der Waals surface area contributed by atoms with Gasteiger partial charge in [0.15, 0.2) is 0 Å². The molecule has 0 amide bonds. The molecule has 0 aliphatic carbocycles. The van der Waals surface area contributed by atoms with Crippen molar-refractivity contribution in [3.63, 3.8) is 0 Å². The van der Waals surface area contributed by atoms with E-state index in [-0.39, 0.29) is 11.5 Å². The minimum absolute atomic E-state index is 0.0264. The summed E-state index contributed by atoms with van der Waals surface area (Å²) in [6.45, 7) is 6.05. The van der Waals surface area contributed by atoms with Gasteiger partial charge in [0.05, 0.1) is 0 Å². The van der Waals surface area contributed by atoms with Gasteiger partial charge in [0.1, 0.15) is 5.82 Å². The van der Waals surface area contributed by atoms with Gasteiger partial charge in [-0.05, 0) is 31.8 Å². The van der Waals surface area contributed by atoms with Crippen molar-refractivity contribution in [2.45, 2.75) is 38.5 Å². The first-order valence-electron chi connectivity index (χ1n) is 5.98. The zero-order valence-corrected chi connectivity index (χ0v) is 9.92. The van der Waals surface area contributed by atoms with Gasteiger partial charge in [-0.3, -0.25) is 4.79 Å². The summed E-state index contributed by atoms with van der Waals surface area (Å²) in [5, 5.41) is 3.31. The van der Waals surface area contributed by atoms with Crippen LogP contribution in [-0.4, -0.2) is 23.1 Å². The fourth-order valence-electron chi connectivity index (χ4n) is 2.13. The van der Waals surface area contributed by atoms with E-state index in [4.69, 9.17) is 0 Å². The van der Waals surface area contributed by atoms with E-state index in [0.29, 0.717) is 5.92 Å². The van der Waals surface area contributed by atoms with Crippen LogP contribution in [0.4, 0.5) is 0 Å². The molecule has 88 valence electrons. The summed E-state index contributed by atoms with van der Waals surface area (Å²) in [6.07, 6.45) is 3.86. The Bertz CT molecular complexity index is 405. The van der Waals surface area contributed by atoms with Gasteiger partial charge in [-0.15, -0.1) is 0 Å². The summed E-state index contributed by atoms with van der Waals surface area (Å²) >= 11 is 0. The monoisotopic (exact) mass is 221 g/mol. The average molecular weight is 221 g/mol. The molecular formula is C12H19N3O. The van der Waals surface area contributed by atoms with Crippen LogP contribution >= 0.6 is 0 Å². The Balaban J connectivity index is 2.23. The van der Waals surface area contributed by atoms with Gasteiger partial charge in [-0.2, -0.15) is 0 Å². The molecule has 4 nitrogen and oxygen atoms in total. The maximum absolute atomic E-state index is 11.8. The summed E-state index contributed by atoms with van der Waals surface area (Å²) < 4.78 is 0. The zero-order chi connectivity index (χ0) is 11.5. The minimum atomic E-state index is 0.0264. The maximum Gasteiger partial charge on any atom is 0.254 e. The molecule has 0 atom stereocenters. The lowest BCUT2D eigenvalue weighted by Crippen LogP contribution is -2.29. The molecule has 0 unspecified atom stereocenters. The largest absolute Gasteiger partial charge is 0.317 e. The van der Waals surface area contributed by atoms with Crippen molar-refractivity contribution in [3.05, 3.63) is 27.9 Å². The number of hydrogen-bond acceptors (Lipinski definition) is 3. The van der Waals surface area contributed by atoms with Crippen molar-refractivity contribution in [2.75, 3.05) is 13.1 Å². The molecule has 1 fully saturated rings. The van der Waals surface area contributed by atoms with Crippen molar-refractivity contribution >= 4 is 0 Å². The first kappa shape index (κ1) is 11.3. The second-order valence-electron chi connectivity index (χ2n) is 4.73. The van der Waals surface area contributed by atoms with Crippen LogP contribution in [0.3, 0.4) is 0 Å². The van der Waals surface area contributed by atoms with Crippen molar-refractivity contribution in [1.29, 1.82) is 0 Å². The number of rotatable bonds is 2. The third-order valence-corrected chi connectivity index (χ3v) is 3.19. The van der Waals surface area contributed by atoms with E-state index in [1.54, 1.807) is 6.20 Å². The molecule has 16 heavy (non-hydrogen) atoms. The summed E-state index contributed by atoms with van der Waals surface area (Å²) in [4.78, 5) is 19.1. The summed E-state index contributed by atoms with van der Waals surface area (Å²) in [5.41, 5.74) is 0.802. The molecule has 1 aromatic heterocycles. The van der Waals surface area contributed by atoms with Crippen LogP contribution in [0.1, 0.15) is 49.9 Å². The third-order valence-electron chi connectivity index (χ3n) is 3.19. The minimum Gasteiger partial charge on any atom is -0.317 e. The topological polar surface area (TPSA) is 57.8 Å². The van der Waals surface area contributed by atoms with E-state index < -0.39 is 0 Å². The van der Waals surface area contributed by atoms with Crippen LogP contribution in [0.25, 0.3) is 0 Å². The van der Waals surface area contributed by atoms with E-state index >= 15 is 0 Å². The van der Waals surface area contributed by atoms with Gasteiger partial charge in [0.25, 0.3) is 5.56 Å². The van der Waals surface area contributed by atoms with Crippen LogP contribution in [0.2, 0.25) is 0 Å². The lowest BCUT2D eigenvalue weighted by Gasteiger charge is -2.21. The third kappa shape index (κ3) is 2.32. The Kier molecular flexibility index (Phi) is 3.39. The van der Waals surface area contributed by atoms with E-state index in [1.165, 1.54) is 0 Å². The fraction of sp³-hybridized carbons (Fsp3) is 0.667. The van der Waals surface area contributed by atoms with Crippen LogP contribution < -0.4 is 10.9 Å². The van der Waals surface area contributed by atoms with Gasteiger partial charge in [-0.1, -0.05) is 13.8 Å². The summed E-state index contributed by atoms with van der Waals surface area (Å²) in [6, 6.07) is 0. The quantitative estimate of drug-likeness (QED) is 0.792. The van der Waals surface area contributed by atoms with E-state index in [2.05, 4.69) is 15.3 Å². The molecule has 2 N–H and O–H groups in total. The molecule has 1 aliphatic rings. The lowest BCUT2D eigenvalue weighted by atomic mass is 9.97. The molecule has 0 aromatic carbocycles. The number of aromatic amines is 1. The highest BCUT2D eigenvalue weighted by atomic mass is 16.1. The first-order chi connectivity index (χ1) is 7.68. The number of H-pyrrole nitrogens is 1. The normalized spacial score (nSPS) is 17.9. The van der Waals surface area contributed by atoms with Gasteiger partial charge >= 0.3 is 0 Å². The van der Waals surface area contributed by atoms with Gasteiger partial charge in [-0.25, -0.2) is 4.98 Å². The number of hydrogen-bond donors (Lipinski definition) is 2. The van der Waals surface area contributed by atoms with Crippen molar-refractivity contribution in [3.8, 4) is 0 Å². The average Bonchev–Trinajstić information content (AvgIpc) is 2.29. The molecule has 0 saturated carbocycles. The Hall–Kier alpha value is -1.16. The van der Waals surface area contributed by atoms with E-state index in [0.717, 1.165) is 37.3 Å². The molecule has 2 heterocycles. The highest BCUT2D eigenvalue weighted by Crippen LogP contribution is 2.21. The first-order valence-corrected chi connectivity index (χ1v) is 5.98. The number of aromatic nitrogens is 2. The molecule has 4 heteroatoms.